The van der Waals surface area contributed by atoms with Gasteiger partial charge in [0.05, 0.1) is 22.2 Å². The second-order valence-corrected chi connectivity index (χ2v) is 13.2. The van der Waals surface area contributed by atoms with Crippen molar-refractivity contribution in [2.24, 2.45) is 0 Å². The molecule has 230 valence electrons. The Morgan fingerprint density at radius 2 is 1.61 bits per heavy atom. The molecule has 0 bridgehead atoms. The smallest absolute Gasteiger partial charge is 0.264 e. The number of sulfonamides is 1. The summed E-state index contributed by atoms with van der Waals surface area (Å²) in [5.41, 5.74) is 2.68. The molecular weight excluding hydrogens is 666 g/mol. The Morgan fingerprint density at radius 3 is 2.23 bits per heavy atom. The number of rotatable bonds is 12. The van der Waals surface area contributed by atoms with Crippen molar-refractivity contribution in [1.82, 2.24) is 10.2 Å². The molecule has 0 saturated carbocycles. The van der Waals surface area contributed by atoms with Crippen LogP contribution in [0.1, 0.15) is 16.7 Å². The van der Waals surface area contributed by atoms with E-state index in [1.165, 1.54) is 37.3 Å². The zero-order chi connectivity index (χ0) is 31.9. The first-order valence-corrected chi connectivity index (χ1v) is 16.4. The van der Waals surface area contributed by atoms with Crippen molar-refractivity contribution in [3.63, 3.8) is 0 Å². The van der Waals surface area contributed by atoms with E-state index in [0.717, 1.165) is 15.4 Å². The maximum Gasteiger partial charge on any atom is 0.264 e. The number of carbonyl (C=O) groups is 2. The number of halogens is 2. The summed E-state index contributed by atoms with van der Waals surface area (Å²) in [4.78, 5) is 29.1. The van der Waals surface area contributed by atoms with Crippen molar-refractivity contribution in [3.8, 4) is 5.75 Å². The molecule has 4 aromatic carbocycles. The number of aryl methyl sites for hydroxylation is 1. The van der Waals surface area contributed by atoms with E-state index in [0.29, 0.717) is 26.5 Å². The molecule has 4 aromatic rings. The van der Waals surface area contributed by atoms with E-state index in [2.05, 4.69) is 21.2 Å². The first kappa shape index (κ1) is 33.0. The Bertz CT molecular complexity index is 1720. The molecule has 0 aliphatic rings. The third-order valence-electron chi connectivity index (χ3n) is 7.13. The number of likely N-dealkylation sites (N-methyl/N-ethyl adjacent to an activating group) is 1. The quantitative estimate of drug-likeness (QED) is 0.196. The van der Waals surface area contributed by atoms with Gasteiger partial charge in [0, 0.05) is 25.0 Å². The second kappa shape index (κ2) is 14.7. The van der Waals surface area contributed by atoms with Gasteiger partial charge in [0.1, 0.15) is 18.3 Å². The summed E-state index contributed by atoms with van der Waals surface area (Å²) in [6.45, 7) is 1.30. The normalized spacial score (nSPS) is 11.8. The number of methoxy groups -OCH3 is 1. The summed E-state index contributed by atoms with van der Waals surface area (Å²) in [6.07, 6.45) is 0.208. The zero-order valence-electron chi connectivity index (χ0n) is 24.5. The van der Waals surface area contributed by atoms with Gasteiger partial charge in [0.15, 0.2) is 0 Å². The molecule has 0 aliphatic carbocycles. The molecule has 11 heteroatoms. The zero-order valence-corrected chi connectivity index (χ0v) is 27.7. The van der Waals surface area contributed by atoms with Crippen LogP contribution in [-0.4, -0.2) is 51.9 Å². The summed E-state index contributed by atoms with van der Waals surface area (Å²) in [5, 5.41) is 3.09. The Balaban J connectivity index is 1.80. The third-order valence-corrected chi connectivity index (χ3v) is 9.89. The minimum absolute atomic E-state index is 0.0146. The molecule has 0 aromatic heterocycles. The average molecular weight is 699 g/mol. The molecule has 0 spiro atoms. The number of carbonyl (C=O) groups excluding carboxylic acids is 2. The highest BCUT2D eigenvalue weighted by molar-refractivity contribution is 9.10. The van der Waals surface area contributed by atoms with E-state index in [4.69, 9.17) is 16.3 Å². The molecule has 2 amide bonds. The van der Waals surface area contributed by atoms with Gasteiger partial charge in [0.25, 0.3) is 10.0 Å². The minimum atomic E-state index is -4.26. The number of hydrogen-bond donors (Lipinski definition) is 1. The van der Waals surface area contributed by atoms with Gasteiger partial charge in [-0.3, -0.25) is 13.9 Å². The molecule has 0 heterocycles. The van der Waals surface area contributed by atoms with Crippen molar-refractivity contribution in [2.75, 3.05) is 25.0 Å². The predicted molar refractivity (Wildman–Crippen MR) is 176 cm³/mol. The monoisotopic (exact) mass is 697 g/mol. The van der Waals surface area contributed by atoms with Gasteiger partial charge in [-0.05, 0) is 70.4 Å². The van der Waals surface area contributed by atoms with Crippen molar-refractivity contribution < 1.29 is 22.7 Å². The maximum atomic E-state index is 14.4. The Hall–Kier alpha value is -3.86. The molecule has 1 unspecified atom stereocenters. The van der Waals surface area contributed by atoms with E-state index >= 15 is 0 Å². The van der Waals surface area contributed by atoms with Crippen molar-refractivity contribution >= 4 is 55.1 Å². The van der Waals surface area contributed by atoms with E-state index < -0.39 is 34.4 Å². The van der Waals surface area contributed by atoms with Crippen molar-refractivity contribution in [3.05, 3.63) is 123 Å². The molecule has 0 saturated heterocycles. The summed E-state index contributed by atoms with van der Waals surface area (Å²) in [6, 6.07) is 26.7. The van der Waals surface area contributed by atoms with E-state index in [-0.39, 0.29) is 17.9 Å². The average Bonchev–Trinajstić information content (AvgIpc) is 3.02. The summed E-state index contributed by atoms with van der Waals surface area (Å²) >= 11 is 9.87. The second-order valence-electron chi connectivity index (χ2n) is 10.1. The molecule has 1 N–H and O–H groups in total. The van der Waals surface area contributed by atoms with Gasteiger partial charge >= 0.3 is 0 Å². The summed E-state index contributed by atoms with van der Waals surface area (Å²) in [5.74, 6) is -0.508. The van der Waals surface area contributed by atoms with Gasteiger partial charge in [-0.25, -0.2) is 8.42 Å². The van der Waals surface area contributed by atoms with E-state index in [9.17, 15) is 18.0 Å². The molecule has 44 heavy (non-hydrogen) atoms. The van der Waals surface area contributed by atoms with Crippen LogP contribution in [0, 0.1) is 6.92 Å². The Kier molecular flexibility index (Phi) is 11.1. The highest BCUT2D eigenvalue weighted by Crippen LogP contribution is 2.31. The third kappa shape index (κ3) is 7.80. The number of amides is 2. The molecule has 0 radical (unpaired) electrons. The number of nitrogens with zero attached hydrogens (tertiary/aromatic N) is 2. The SMILES string of the molecule is CNC(=O)C(Cc1ccccc1)N(Cc1ccccc1Cl)C(=O)CN(c1ccc(C)cc1)S(=O)(=O)c1ccc(OC)c(Br)c1. The van der Waals surface area contributed by atoms with Gasteiger partial charge in [-0.1, -0.05) is 77.8 Å². The van der Waals surface area contributed by atoms with Crippen LogP contribution in [0.25, 0.3) is 0 Å². The van der Waals surface area contributed by atoms with Crippen LogP contribution in [0.5, 0.6) is 5.75 Å². The number of benzene rings is 4. The van der Waals surface area contributed by atoms with E-state index in [1.807, 2.05) is 37.3 Å². The van der Waals surface area contributed by atoms with Crippen LogP contribution in [0.3, 0.4) is 0 Å². The predicted octanol–water partition coefficient (Wildman–Crippen LogP) is 6.00. The fourth-order valence-electron chi connectivity index (χ4n) is 4.71. The van der Waals surface area contributed by atoms with Crippen molar-refractivity contribution in [1.29, 1.82) is 0 Å². The standard InChI is InChI=1S/C33H33BrClN3O5S/c1-23-13-15-26(16-14-23)38(44(41,42)27-17-18-31(43-3)28(34)20-27)22-32(39)37(21-25-11-7-8-12-29(25)35)30(33(40)36-2)19-24-9-5-4-6-10-24/h4-18,20,30H,19,21-22H2,1-3H3,(H,36,40). The highest BCUT2D eigenvalue weighted by Gasteiger charge is 2.34. The lowest BCUT2D eigenvalue weighted by Gasteiger charge is -2.33. The maximum absolute atomic E-state index is 14.4. The van der Waals surface area contributed by atoms with Crippen LogP contribution in [0.2, 0.25) is 5.02 Å². The summed E-state index contributed by atoms with van der Waals surface area (Å²) in [7, 11) is -1.27. The van der Waals surface area contributed by atoms with Gasteiger partial charge in [0.2, 0.25) is 11.8 Å². The summed E-state index contributed by atoms with van der Waals surface area (Å²) < 4.78 is 35.2. The van der Waals surface area contributed by atoms with Crippen LogP contribution in [0.15, 0.2) is 106 Å². The lowest BCUT2D eigenvalue weighted by molar-refractivity contribution is -0.139. The van der Waals surface area contributed by atoms with Crippen molar-refractivity contribution in [2.45, 2.75) is 30.8 Å². The number of hydrogen-bond acceptors (Lipinski definition) is 5. The topological polar surface area (TPSA) is 96.0 Å². The highest BCUT2D eigenvalue weighted by atomic mass is 79.9. The van der Waals surface area contributed by atoms with Crippen LogP contribution < -0.4 is 14.4 Å². The first-order chi connectivity index (χ1) is 21.0. The van der Waals surface area contributed by atoms with Gasteiger partial charge in [-0.2, -0.15) is 0 Å². The fourth-order valence-corrected chi connectivity index (χ4v) is 7.03. The molecule has 1 atom stereocenters. The van der Waals surface area contributed by atoms with Gasteiger partial charge in [-0.15, -0.1) is 0 Å². The molecule has 8 nitrogen and oxygen atoms in total. The number of anilines is 1. The van der Waals surface area contributed by atoms with Crippen LogP contribution in [-0.2, 0) is 32.6 Å². The molecule has 0 fully saturated rings. The van der Waals surface area contributed by atoms with Gasteiger partial charge < -0.3 is 15.0 Å². The fraction of sp³-hybridized carbons (Fsp3) is 0.212. The largest absolute Gasteiger partial charge is 0.496 e. The lowest BCUT2D eigenvalue weighted by Crippen LogP contribution is -2.53. The Morgan fingerprint density at radius 1 is 0.955 bits per heavy atom. The first-order valence-electron chi connectivity index (χ1n) is 13.8. The number of nitrogens with one attached hydrogen (secondary N) is 1. The number of ether oxygens (including phenoxy) is 1. The molecule has 4 rings (SSSR count). The Labute approximate surface area is 271 Å². The molecular formula is C33H33BrClN3O5S. The lowest BCUT2D eigenvalue weighted by atomic mass is 10.0. The van der Waals surface area contributed by atoms with Crippen LogP contribution in [0.4, 0.5) is 5.69 Å². The van der Waals surface area contributed by atoms with Crippen LogP contribution >= 0.6 is 27.5 Å². The molecule has 0 aliphatic heterocycles. The van der Waals surface area contributed by atoms with E-state index in [1.54, 1.807) is 48.5 Å². The minimum Gasteiger partial charge on any atom is -0.496 e.